The third kappa shape index (κ3) is 3.40. The number of nitro groups is 1. The highest BCUT2D eigenvalue weighted by Gasteiger charge is 2.15. The van der Waals surface area contributed by atoms with E-state index in [1.54, 1.807) is 6.92 Å². The number of nitrogens with one attached hydrogen (secondary N) is 1. The molecule has 0 saturated carbocycles. The van der Waals surface area contributed by atoms with Gasteiger partial charge < -0.3 is 10.1 Å². The molecular weight excluding hydrogens is 230 g/mol. The number of aryl methyl sites for hydroxylation is 1. The molecule has 1 aromatic rings. The highest BCUT2D eigenvalue weighted by atomic mass is 32.2. The number of thioether (sulfide) groups is 1. The van der Waals surface area contributed by atoms with Crippen LogP contribution in [-0.4, -0.2) is 25.8 Å². The van der Waals surface area contributed by atoms with Crippen LogP contribution in [0.1, 0.15) is 18.4 Å². The summed E-state index contributed by atoms with van der Waals surface area (Å²) in [6.45, 7) is 3.05. The van der Waals surface area contributed by atoms with E-state index in [2.05, 4.69) is 21.8 Å². The van der Waals surface area contributed by atoms with E-state index in [9.17, 15) is 14.9 Å². The van der Waals surface area contributed by atoms with Crippen LogP contribution in [0.3, 0.4) is 0 Å². The van der Waals surface area contributed by atoms with Crippen molar-refractivity contribution in [2.45, 2.75) is 13.8 Å². The minimum atomic E-state index is -0.567. The van der Waals surface area contributed by atoms with Gasteiger partial charge in [-0.2, -0.15) is 4.98 Å². The maximum Gasteiger partial charge on any atom is 0.356 e. The number of H-pyrrole nitrogens is 1. The molecule has 1 rings (SSSR count). The Kier molecular flexibility index (Phi) is 4.08. The standard InChI is InChI=1S/C9H9N3O3S/c1-6-10-8(9(11-6)12(14)15)4-3-5-16-7(2)13/h5H2,1-2H3,(H,10,11). The predicted octanol–water partition coefficient (Wildman–Crippen LogP) is 1.26. The molecule has 1 heterocycles. The number of carbonyl (C=O) groups excluding carboxylic acids is 1. The summed E-state index contributed by atoms with van der Waals surface area (Å²) < 4.78 is 0. The van der Waals surface area contributed by atoms with E-state index in [1.807, 2.05) is 0 Å². The lowest BCUT2D eigenvalue weighted by Gasteiger charge is -1.88. The van der Waals surface area contributed by atoms with Gasteiger partial charge in [0.2, 0.25) is 5.69 Å². The Balaban J connectivity index is 2.80. The van der Waals surface area contributed by atoms with Crippen LogP contribution >= 0.6 is 11.8 Å². The number of hydrogen-bond acceptors (Lipinski definition) is 5. The van der Waals surface area contributed by atoms with Crippen LogP contribution in [0.5, 0.6) is 0 Å². The summed E-state index contributed by atoms with van der Waals surface area (Å²) in [7, 11) is 0. The number of aromatic amines is 1. The smallest absolute Gasteiger partial charge is 0.356 e. The van der Waals surface area contributed by atoms with Crippen molar-refractivity contribution in [2.75, 3.05) is 5.75 Å². The minimum Gasteiger partial charge on any atom is -0.358 e. The van der Waals surface area contributed by atoms with Crippen LogP contribution in [0.25, 0.3) is 0 Å². The van der Waals surface area contributed by atoms with Gasteiger partial charge in [-0.25, -0.2) is 4.98 Å². The highest BCUT2D eigenvalue weighted by Crippen LogP contribution is 2.13. The Labute approximate surface area is 96.0 Å². The highest BCUT2D eigenvalue weighted by molar-refractivity contribution is 8.13. The van der Waals surface area contributed by atoms with E-state index in [-0.39, 0.29) is 16.6 Å². The van der Waals surface area contributed by atoms with Crippen molar-refractivity contribution in [2.24, 2.45) is 0 Å². The van der Waals surface area contributed by atoms with Crippen LogP contribution in [0.2, 0.25) is 0 Å². The number of imidazole rings is 1. The number of carbonyl (C=O) groups is 1. The molecule has 0 aliphatic heterocycles. The van der Waals surface area contributed by atoms with Gasteiger partial charge in [-0.05, 0) is 10.8 Å². The van der Waals surface area contributed by atoms with Crippen LogP contribution < -0.4 is 0 Å². The zero-order chi connectivity index (χ0) is 12.1. The lowest BCUT2D eigenvalue weighted by atomic mass is 10.4. The summed E-state index contributed by atoms with van der Waals surface area (Å²) in [5.74, 6) is 5.74. The Morgan fingerprint density at radius 3 is 2.94 bits per heavy atom. The summed E-state index contributed by atoms with van der Waals surface area (Å²) in [5.41, 5.74) is 0.103. The maximum absolute atomic E-state index is 10.6. The minimum absolute atomic E-state index is 0.0398. The number of nitrogens with zero attached hydrogens (tertiary/aromatic N) is 2. The molecule has 0 unspecified atom stereocenters. The first-order valence-electron chi connectivity index (χ1n) is 4.34. The first kappa shape index (κ1) is 12.3. The van der Waals surface area contributed by atoms with E-state index < -0.39 is 4.92 Å². The molecule has 0 aliphatic carbocycles. The van der Waals surface area contributed by atoms with Crippen molar-refractivity contribution in [3.05, 3.63) is 21.6 Å². The number of hydrogen-bond donors (Lipinski definition) is 1. The van der Waals surface area contributed by atoms with Crippen LogP contribution in [0, 0.1) is 28.9 Å². The van der Waals surface area contributed by atoms with Gasteiger partial charge >= 0.3 is 5.82 Å². The Morgan fingerprint density at radius 2 is 2.38 bits per heavy atom. The van der Waals surface area contributed by atoms with Gasteiger partial charge in [0.15, 0.2) is 10.9 Å². The fourth-order valence-electron chi connectivity index (χ4n) is 0.956. The number of rotatable bonds is 2. The van der Waals surface area contributed by atoms with Gasteiger partial charge in [-0.3, -0.25) is 4.79 Å². The lowest BCUT2D eigenvalue weighted by molar-refractivity contribution is -0.389. The zero-order valence-electron chi connectivity index (χ0n) is 8.73. The lowest BCUT2D eigenvalue weighted by Crippen LogP contribution is -1.91. The van der Waals surface area contributed by atoms with Crippen LogP contribution in [0.15, 0.2) is 0 Å². The SMILES string of the molecule is CC(=O)SCC#Cc1nc(C)[nH]c1[N+](=O)[O-]. The predicted molar refractivity (Wildman–Crippen MR) is 60.0 cm³/mol. The third-order valence-corrected chi connectivity index (χ3v) is 2.24. The van der Waals surface area contributed by atoms with Crippen molar-refractivity contribution in [3.8, 4) is 11.8 Å². The van der Waals surface area contributed by atoms with Gasteiger partial charge in [-0.15, -0.1) is 0 Å². The molecule has 1 N–H and O–H groups in total. The Morgan fingerprint density at radius 1 is 1.69 bits per heavy atom. The normalized spacial score (nSPS) is 9.38. The second kappa shape index (κ2) is 5.32. The Hall–Kier alpha value is -1.81. The summed E-state index contributed by atoms with van der Waals surface area (Å²) in [4.78, 5) is 27.0. The van der Waals surface area contributed by atoms with Gasteiger partial charge in [-0.1, -0.05) is 17.7 Å². The molecule has 0 fully saturated rings. The largest absolute Gasteiger partial charge is 0.358 e. The molecule has 0 spiro atoms. The van der Waals surface area contributed by atoms with E-state index >= 15 is 0 Å². The average Bonchev–Trinajstić information content (AvgIpc) is 2.54. The third-order valence-electron chi connectivity index (χ3n) is 1.54. The van der Waals surface area contributed by atoms with E-state index in [1.165, 1.54) is 6.92 Å². The molecule has 0 amide bonds. The van der Waals surface area contributed by atoms with E-state index in [0.717, 1.165) is 11.8 Å². The molecule has 84 valence electrons. The molecule has 16 heavy (non-hydrogen) atoms. The topological polar surface area (TPSA) is 88.9 Å². The molecule has 7 heteroatoms. The van der Waals surface area contributed by atoms with Crippen molar-refractivity contribution < 1.29 is 9.72 Å². The van der Waals surface area contributed by atoms with Gasteiger partial charge in [0, 0.05) is 13.8 Å². The summed E-state index contributed by atoms with van der Waals surface area (Å²) >= 11 is 1.05. The Bertz CT molecular complexity index is 484. The second-order valence-electron chi connectivity index (χ2n) is 2.86. The van der Waals surface area contributed by atoms with Gasteiger partial charge in [0.1, 0.15) is 0 Å². The number of aromatic nitrogens is 2. The molecule has 0 aromatic carbocycles. The molecule has 0 aliphatic rings. The molecule has 0 saturated heterocycles. The summed E-state index contributed by atoms with van der Waals surface area (Å²) in [6.07, 6.45) is 0. The fraction of sp³-hybridized carbons (Fsp3) is 0.333. The molecule has 1 aromatic heterocycles. The summed E-state index contributed by atoms with van der Waals surface area (Å²) in [5, 5.41) is 10.5. The molecule has 0 atom stereocenters. The van der Waals surface area contributed by atoms with Crippen LogP contribution in [0.4, 0.5) is 5.82 Å². The fourth-order valence-corrected chi connectivity index (χ4v) is 1.30. The second-order valence-corrected chi connectivity index (χ2v) is 4.01. The van der Waals surface area contributed by atoms with E-state index in [0.29, 0.717) is 11.6 Å². The summed E-state index contributed by atoms with van der Waals surface area (Å²) in [6, 6.07) is 0. The van der Waals surface area contributed by atoms with Crippen molar-refractivity contribution in [1.29, 1.82) is 0 Å². The quantitative estimate of drug-likeness (QED) is 0.476. The van der Waals surface area contributed by atoms with Gasteiger partial charge in [0.25, 0.3) is 0 Å². The molecule has 0 radical (unpaired) electrons. The zero-order valence-corrected chi connectivity index (χ0v) is 9.55. The molecule has 6 nitrogen and oxygen atoms in total. The van der Waals surface area contributed by atoms with Crippen molar-refractivity contribution in [1.82, 2.24) is 9.97 Å². The van der Waals surface area contributed by atoms with Gasteiger partial charge in [0.05, 0.1) is 5.75 Å². The maximum atomic E-state index is 10.6. The monoisotopic (exact) mass is 239 g/mol. The van der Waals surface area contributed by atoms with Crippen molar-refractivity contribution in [3.63, 3.8) is 0 Å². The molecule has 0 bridgehead atoms. The van der Waals surface area contributed by atoms with Crippen molar-refractivity contribution >= 4 is 22.7 Å². The average molecular weight is 239 g/mol. The first-order chi connectivity index (χ1) is 7.50. The molecular formula is C9H9N3O3S. The first-order valence-corrected chi connectivity index (χ1v) is 5.32. The van der Waals surface area contributed by atoms with Crippen LogP contribution in [-0.2, 0) is 4.79 Å². The van der Waals surface area contributed by atoms with E-state index in [4.69, 9.17) is 0 Å².